The van der Waals surface area contributed by atoms with Gasteiger partial charge in [-0.2, -0.15) is 4.98 Å². The number of rotatable bonds is 4. The number of ether oxygens (including phenoxy) is 1. The summed E-state index contributed by atoms with van der Waals surface area (Å²) in [6.07, 6.45) is 3.16. The molecule has 3 heterocycles. The largest absolute Gasteiger partial charge is 0.381 e. The molecule has 2 aliphatic rings. The van der Waals surface area contributed by atoms with Gasteiger partial charge in [-0.3, -0.25) is 4.79 Å². The molecule has 1 spiro atoms. The second kappa shape index (κ2) is 6.36. The van der Waals surface area contributed by atoms with Crippen LogP contribution in [0.3, 0.4) is 0 Å². The van der Waals surface area contributed by atoms with Gasteiger partial charge in [-0.25, -0.2) is 0 Å². The summed E-state index contributed by atoms with van der Waals surface area (Å²) in [6.45, 7) is 2.66. The minimum Gasteiger partial charge on any atom is -0.381 e. The molecule has 1 unspecified atom stereocenters. The van der Waals surface area contributed by atoms with Gasteiger partial charge < -0.3 is 14.2 Å². The van der Waals surface area contributed by atoms with Crippen LogP contribution in [-0.4, -0.2) is 40.7 Å². The number of aromatic nitrogens is 2. The molecule has 1 amide bonds. The third-order valence-electron chi connectivity index (χ3n) is 4.97. The predicted octanol–water partition coefficient (Wildman–Crippen LogP) is 2.19. The molecule has 2 aromatic rings. The van der Waals surface area contributed by atoms with Crippen LogP contribution >= 0.6 is 0 Å². The summed E-state index contributed by atoms with van der Waals surface area (Å²) < 4.78 is 10.9. The molecule has 1 aromatic carbocycles. The lowest BCUT2D eigenvalue weighted by Gasteiger charge is -2.38. The Balaban J connectivity index is 1.42. The molecule has 24 heavy (non-hydrogen) atoms. The molecule has 2 saturated heterocycles. The molecule has 0 radical (unpaired) electrons. The molecule has 0 aliphatic carbocycles. The minimum atomic E-state index is 0.126. The van der Waals surface area contributed by atoms with E-state index in [1.165, 1.54) is 0 Å². The van der Waals surface area contributed by atoms with Crippen molar-refractivity contribution in [3.63, 3.8) is 0 Å². The third-order valence-corrected chi connectivity index (χ3v) is 4.97. The smallest absolute Gasteiger partial charge is 0.246 e. The zero-order chi connectivity index (χ0) is 16.4. The van der Waals surface area contributed by atoms with Crippen LogP contribution in [0.4, 0.5) is 0 Å². The molecule has 1 aromatic heterocycles. The van der Waals surface area contributed by atoms with Crippen LogP contribution < -0.4 is 0 Å². The summed E-state index contributed by atoms with van der Waals surface area (Å²) in [7, 11) is 0. The number of benzene rings is 1. The van der Waals surface area contributed by atoms with Gasteiger partial charge in [-0.15, -0.1) is 0 Å². The van der Waals surface area contributed by atoms with Crippen LogP contribution in [0.25, 0.3) is 0 Å². The fraction of sp³-hybridized carbons (Fsp3) is 0.500. The van der Waals surface area contributed by atoms with Crippen LogP contribution in [0.15, 0.2) is 34.9 Å². The van der Waals surface area contributed by atoms with Crippen molar-refractivity contribution >= 4 is 5.91 Å². The molecule has 2 aliphatic heterocycles. The lowest BCUT2D eigenvalue weighted by molar-refractivity contribution is -0.138. The van der Waals surface area contributed by atoms with Crippen LogP contribution in [0.2, 0.25) is 0 Å². The van der Waals surface area contributed by atoms with E-state index in [4.69, 9.17) is 9.26 Å². The van der Waals surface area contributed by atoms with Gasteiger partial charge in [0.25, 0.3) is 0 Å². The Morgan fingerprint density at radius 2 is 2.08 bits per heavy atom. The van der Waals surface area contributed by atoms with Gasteiger partial charge in [0.1, 0.15) is 0 Å². The topological polar surface area (TPSA) is 68.5 Å². The van der Waals surface area contributed by atoms with E-state index in [2.05, 4.69) is 10.1 Å². The van der Waals surface area contributed by atoms with Crippen LogP contribution in [-0.2, 0) is 22.5 Å². The highest BCUT2D eigenvalue weighted by Gasteiger charge is 2.41. The Morgan fingerprint density at radius 3 is 2.88 bits per heavy atom. The number of carbonyl (C=O) groups is 1. The predicted molar refractivity (Wildman–Crippen MR) is 86.1 cm³/mol. The molecule has 126 valence electrons. The number of nitrogens with zero attached hydrogens (tertiary/aromatic N) is 3. The first-order valence-electron chi connectivity index (χ1n) is 8.43. The molecule has 6 heteroatoms. The van der Waals surface area contributed by atoms with E-state index in [0.717, 1.165) is 38.2 Å². The average Bonchev–Trinajstić information content (AvgIpc) is 3.22. The van der Waals surface area contributed by atoms with Crippen molar-refractivity contribution in [2.75, 3.05) is 19.8 Å². The summed E-state index contributed by atoms with van der Waals surface area (Å²) in [6, 6.07) is 10.0. The van der Waals surface area contributed by atoms with E-state index in [1.54, 1.807) is 0 Å². The lowest BCUT2D eigenvalue weighted by atomic mass is 9.79. The fourth-order valence-corrected chi connectivity index (χ4v) is 3.59. The van der Waals surface area contributed by atoms with Crippen molar-refractivity contribution in [1.29, 1.82) is 0 Å². The number of hydrogen-bond acceptors (Lipinski definition) is 5. The standard InChI is InChI=1S/C18H21N3O3/c22-17-6-7-18(8-9-23-13-18)12-21(17)11-16-19-15(20-24-16)10-14-4-2-1-3-5-14/h1-5H,6-13H2. The maximum absolute atomic E-state index is 12.2. The van der Waals surface area contributed by atoms with Gasteiger partial charge in [-0.1, -0.05) is 35.5 Å². The van der Waals surface area contributed by atoms with Crippen LogP contribution in [0.1, 0.15) is 36.5 Å². The van der Waals surface area contributed by atoms with E-state index >= 15 is 0 Å². The van der Waals surface area contributed by atoms with Crippen LogP contribution in [0.5, 0.6) is 0 Å². The van der Waals surface area contributed by atoms with E-state index in [0.29, 0.717) is 31.1 Å². The summed E-state index contributed by atoms with van der Waals surface area (Å²) in [5.74, 6) is 1.32. The second-order valence-electron chi connectivity index (χ2n) is 6.82. The second-order valence-corrected chi connectivity index (χ2v) is 6.82. The Morgan fingerprint density at radius 1 is 1.21 bits per heavy atom. The molecule has 0 N–H and O–H groups in total. The van der Waals surface area contributed by atoms with Gasteiger partial charge in [0, 0.05) is 31.4 Å². The molecular formula is C18H21N3O3. The average molecular weight is 327 g/mol. The monoisotopic (exact) mass is 327 g/mol. The molecule has 2 fully saturated rings. The van der Waals surface area contributed by atoms with Crippen molar-refractivity contribution in [2.24, 2.45) is 5.41 Å². The summed E-state index contributed by atoms with van der Waals surface area (Å²) in [5.41, 5.74) is 1.27. The first-order valence-corrected chi connectivity index (χ1v) is 8.43. The maximum atomic E-state index is 12.2. The highest BCUT2D eigenvalue weighted by atomic mass is 16.5. The zero-order valence-corrected chi connectivity index (χ0v) is 13.6. The van der Waals surface area contributed by atoms with Crippen molar-refractivity contribution < 1.29 is 14.1 Å². The normalized spacial score (nSPS) is 24.0. The molecule has 6 nitrogen and oxygen atoms in total. The molecule has 0 saturated carbocycles. The Bertz CT molecular complexity index is 707. The number of likely N-dealkylation sites (tertiary alicyclic amines) is 1. The molecular weight excluding hydrogens is 306 g/mol. The Hall–Kier alpha value is -2.21. The van der Waals surface area contributed by atoms with E-state index in [1.807, 2.05) is 35.2 Å². The van der Waals surface area contributed by atoms with Gasteiger partial charge in [0.15, 0.2) is 5.82 Å². The Labute approximate surface area is 140 Å². The van der Waals surface area contributed by atoms with Gasteiger partial charge in [-0.05, 0) is 18.4 Å². The zero-order valence-electron chi connectivity index (χ0n) is 13.6. The lowest BCUT2D eigenvalue weighted by Crippen LogP contribution is -2.46. The number of carbonyl (C=O) groups excluding carboxylic acids is 1. The number of piperidine rings is 1. The highest BCUT2D eigenvalue weighted by Crippen LogP contribution is 2.38. The van der Waals surface area contributed by atoms with Gasteiger partial charge in [0.05, 0.1) is 13.2 Å². The fourth-order valence-electron chi connectivity index (χ4n) is 3.59. The van der Waals surface area contributed by atoms with E-state index in [-0.39, 0.29) is 11.3 Å². The van der Waals surface area contributed by atoms with E-state index < -0.39 is 0 Å². The van der Waals surface area contributed by atoms with Crippen molar-refractivity contribution in [3.05, 3.63) is 47.6 Å². The summed E-state index contributed by atoms with van der Waals surface area (Å²) in [5, 5.41) is 4.04. The van der Waals surface area contributed by atoms with Crippen molar-refractivity contribution in [1.82, 2.24) is 15.0 Å². The first-order chi connectivity index (χ1) is 11.7. The molecule has 1 atom stereocenters. The highest BCUT2D eigenvalue weighted by molar-refractivity contribution is 5.77. The van der Waals surface area contributed by atoms with Crippen molar-refractivity contribution in [3.8, 4) is 0 Å². The minimum absolute atomic E-state index is 0.126. The van der Waals surface area contributed by atoms with Gasteiger partial charge >= 0.3 is 0 Å². The summed E-state index contributed by atoms with van der Waals surface area (Å²) in [4.78, 5) is 18.5. The SMILES string of the molecule is O=C1CCC2(CCOC2)CN1Cc1nc(Cc2ccccc2)no1. The first kappa shape index (κ1) is 15.3. The van der Waals surface area contributed by atoms with Gasteiger partial charge in [0.2, 0.25) is 11.8 Å². The Kier molecular flexibility index (Phi) is 4.06. The number of hydrogen-bond donors (Lipinski definition) is 0. The molecule has 4 rings (SSSR count). The molecule has 0 bridgehead atoms. The quantitative estimate of drug-likeness (QED) is 0.861. The van der Waals surface area contributed by atoms with E-state index in [9.17, 15) is 4.79 Å². The summed E-state index contributed by atoms with van der Waals surface area (Å²) >= 11 is 0. The maximum Gasteiger partial charge on any atom is 0.246 e. The van der Waals surface area contributed by atoms with Crippen LogP contribution in [0, 0.1) is 5.41 Å². The third kappa shape index (κ3) is 3.19. The van der Waals surface area contributed by atoms with Crippen molar-refractivity contribution in [2.45, 2.75) is 32.2 Å². The number of amides is 1.